The summed E-state index contributed by atoms with van der Waals surface area (Å²) in [7, 11) is 0. The Bertz CT molecular complexity index is 1020. The van der Waals surface area contributed by atoms with Crippen LogP contribution in [0.4, 0.5) is 10.2 Å². The first kappa shape index (κ1) is 21.7. The largest absolute Gasteiger partial charge is 0.350 e. The molecule has 1 aliphatic heterocycles. The van der Waals surface area contributed by atoms with Crippen LogP contribution in [0.3, 0.4) is 0 Å². The van der Waals surface area contributed by atoms with Crippen molar-refractivity contribution in [2.24, 2.45) is 0 Å². The molecule has 1 amide bonds. The molecule has 1 aromatic heterocycles. The fourth-order valence-corrected chi connectivity index (χ4v) is 4.66. The highest BCUT2D eigenvalue weighted by Crippen LogP contribution is 2.27. The Balaban J connectivity index is 1.35. The summed E-state index contributed by atoms with van der Waals surface area (Å²) in [5.74, 6) is 0.602. The van der Waals surface area contributed by atoms with Crippen molar-refractivity contribution in [3.05, 3.63) is 80.9 Å². The lowest BCUT2D eigenvalue weighted by atomic mass is 10.1. The first-order chi connectivity index (χ1) is 15.0. The number of aromatic nitrogens is 1. The summed E-state index contributed by atoms with van der Waals surface area (Å²) in [6.45, 7) is 6.07. The normalized spacial score (nSPS) is 17.0. The van der Waals surface area contributed by atoms with Gasteiger partial charge in [0.15, 0.2) is 0 Å². The summed E-state index contributed by atoms with van der Waals surface area (Å²) in [5.41, 5.74) is 3.52. The third kappa shape index (κ3) is 5.42. The molecule has 2 heterocycles. The van der Waals surface area contributed by atoms with Crippen molar-refractivity contribution in [1.82, 2.24) is 15.2 Å². The average Bonchev–Trinajstić information content (AvgIpc) is 3.22. The molecule has 0 spiro atoms. The second-order valence-electron chi connectivity index (χ2n) is 7.69. The Kier molecular flexibility index (Phi) is 6.85. The van der Waals surface area contributed by atoms with Crippen molar-refractivity contribution in [2.75, 3.05) is 24.5 Å². The summed E-state index contributed by atoms with van der Waals surface area (Å²) in [5, 5.41) is 3.59. The van der Waals surface area contributed by atoms with Gasteiger partial charge in [0, 0.05) is 42.8 Å². The molecule has 4 rings (SSSR count). The molecular formula is C23H24ClFN4OS. The van der Waals surface area contributed by atoms with Gasteiger partial charge >= 0.3 is 0 Å². The van der Waals surface area contributed by atoms with Crippen molar-refractivity contribution in [3.8, 4) is 0 Å². The minimum absolute atomic E-state index is 0.131. The summed E-state index contributed by atoms with van der Waals surface area (Å²) >= 11 is 7.45. The third-order valence-corrected chi connectivity index (χ3v) is 6.51. The van der Waals surface area contributed by atoms with Crippen LogP contribution in [-0.2, 0) is 13.1 Å². The summed E-state index contributed by atoms with van der Waals surface area (Å²) in [6, 6.07) is 13.8. The number of carbonyl (C=O) groups excluding carboxylic acids is 1. The van der Waals surface area contributed by atoms with Gasteiger partial charge in [0.2, 0.25) is 0 Å². The number of halogens is 2. The summed E-state index contributed by atoms with van der Waals surface area (Å²) in [4.78, 5) is 22.7. The van der Waals surface area contributed by atoms with E-state index >= 15 is 0 Å². The molecule has 1 saturated heterocycles. The molecule has 0 aliphatic carbocycles. The molecule has 2 aromatic carbocycles. The standard InChI is InChI=1S/C23H24ClFN4OS/c1-16-13-28(14-17-2-8-20(25)9-3-17)10-11-29(16)22-21(31-15-27-22)12-26-23(30)18-4-6-19(24)7-5-18/h2-9,15-16H,10-14H2,1H3,(H,26,30). The Morgan fingerprint density at radius 2 is 1.94 bits per heavy atom. The zero-order chi connectivity index (χ0) is 21.8. The average molecular weight is 459 g/mol. The minimum atomic E-state index is -0.207. The van der Waals surface area contributed by atoms with Crippen molar-refractivity contribution >= 4 is 34.7 Å². The van der Waals surface area contributed by atoms with E-state index in [4.69, 9.17) is 11.6 Å². The molecule has 1 unspecified atom stereocenters. The van der Waals surface area contributed by atoms with Crippen LogP contribution in [0.15, 0.2) is 54.0 Å². The van der Waals surface area contributed by atoms with Gasteiger partial charge in [0.1, 0.15) is 11.6 Å². The number of carbonyl (C=O) groups is 1. The van der Waals surface area contributed by atoms with E-state index in [1.54, 1.807) is 35.6 Å². The predicted octanol–water partition coefficient (Wildman–Crippen LogP) is 4.58. The maximum Gasteiger partial charge on any atom is 0.251 e. The number of rotatable bonds is 6. The summed E-state index contributed by atoms with van der Waals surface area (Å²) in [6.07, 6.45) is 0. The van der Waals surface area contributed by atoms with E-state index in [0.29, 0.717) is 17.1 Å². The van der Waals surface area contributed by atoms with Gasteiger partial charge in [-0.1, -0.05) is 23.7 Å². The van der Waals surface area contributed by atoms with Crippen molar-refractivity contribution in [3.63, 3.8) is 0 Å². The van der Waals surface area contributed by atoms with Crippen molar-refractivity contribution in [2.45, 2.75) is 26.1 Å². The molecular weight excluding hydrogens is 435 g/mol. The maximum absolute atomic E-state index is 13.1. The first-order valence-electron chi connectivity index (χ1n) is 10.2. The molecule has 0 radical (unpaired) electrons. The molecule has 3 aromatic rings. The number of piperazine rings is 1. The van der Waals surface area contributed by atoms with Gasteiger partial charge in [-0.3, -0.25) is 9.69 Å². The van der Waals surface area contributed by atoms with E-state index in [-0.39, 0.29) is 17.8 Å². The Morgan fingerprint density at radius 3 is 2.65 bits per heavy atom. The number of hydrogen-bond donors (Lipinski definition) is 1. The fraction of sp³-hybridized carbons (Fsp3) is 0.304. The number of hydrogen-bond acceptors (Lipinski definition) is 5. The maximum atomic E-state index is 13.1. The number of anilines is 1. The molecule has 8 heteroatoms. The van der Waals surface area contributed by atoms with Crippen molar-refractivity contribution < 1.29 is 9.18 Å². The monoisotopic (exact) mass is 458 g/mol. The molecule has 162 valence electrons. The number of nitrogens with one attached hydrogen (secondary N) is 1. The highest BCUT2D eigenvalue weighted by Gasteiger charge is 2.27. The lowest BCUT2D eigenvalue weighted by molar-refractivity contribution is 0.0951. The topological polar surface area (TPSA) is 48.5 Å². The van der Waals surface area contributed by atoms with Crippen LogP contribution in [0.5, 0.6) is 0 Å². The van der Waals surface area contributed by atoms with E-state index < -0.39 is 0 Å². The van der Waals surface area contributed by atoms with Crippen molar-refractivity contribution in [1.29, 1.82) is 0 Å². The quantitative estimate of drug-likeness (QED) is 0.587. The zero-order valence-electron chi connectivity index (χ0n) is 17.2. The van der Waals surface area contributed by atoms with Crippen LogP contribution in [0.1, 0.15) is 27.7 Å². The number of amides is 1. The second kappa shape index (κ2) is 9.77. The van der Waals surface area contributed by atoms with E-state index in [0.717, 1.165) is 42.4 Å². The van der Waals surface area contributed by atoms with Gasteiger partial charge in [-0.25, -0.2) is 9.37 Å². The molecule has 0 bridgehead atoms. The Hall–Kier alpha value is -2.48. The number of benzene rings is 2. The smallest absolute Gasteiger partial charge is 0.251 e. The van der Waals surface area contributed by atoms with Gasteiger partial charge in [-0.2, -0.15) is 0 Å². The van der Waals surface area contributed by atoms with Crippen LogP contribution >= 0.6 is 22.9 Å². The highest BCUT2D eigenvalue weighted by molar-refractivity contribution is 7.10. The van der Waals surface area contributed by atoms with Crippen LogP contribution < -0.4 is 10.2 Å². The third-order valence-electron chi connectivity index (χ3n) is 5.44. The van der Waals surface area contributed by atoms with Gasteiger partial charge in [0.25, 0.3) is 5.91 Å². The van der Waals surface area contributed by atoms with E-state index in [2.05, 4.69) is 27.0 Å². The lowest BCUT2D eigenvalue weighted by Crippen LogP contribution is -2.52. The van der Waals surface area contributed by atoms with E-state index in [9.17, 15) is 9.18 Å². The second-order valence-corrected chi connectivity index (χ2v) is 9.07. The lowest BCUT2D eigenvalue weighted by Gasteiger charge is -2.40. The van der Waals surface area contributed by atoms with Gasteiger partial charge in [0.05, 0.1) is 16.9 Å². The molecule has 1 fully saturated rings. The Morgan fingerprint density at radius 1 is 1.19 bits per heavy atom. The van der Waals surface area contributed by atoms with Gasteiger partial charge in [-0.15, -0.1) is 11.3 Å². The predicted molar refractivity (Wildman–Crippen MR) is 123 cm³/mol. The van der Waals surface area contributed by atoms with Crippen LogP contribution in [0.2, 0.25) is 5.02 Å². The molecule has 31 heavy (non-hydrogen) atoms. The SMILES string of the molecule is CC1CN(Cc2ccc(F)cc2)CCN1c1ncsc1CNC(=O)c1ccc(Cl)cc1. The molecule has 1 aliphatic rings. The molecule has 1 atom stereocenters. The molecule has 0 saturated carbocycles. The molecule has 1 N–H and O–H groups in total. The van der Waals surface area contributed by atoms with E-state index in [1.165, 1.54) is 12.1 Å². The first-order valence-corrected chi connectivity index (χ1v) is 11.4. The van der Waals surface area contributed by atoms with Gasteiger partial charge in [-0.05, 0) is 48.9 Å². The Labute approximate surface area is 190 Å². The molecule has 5 nitrogen and oxygen atoms in total. The summed E-state index contributed by atoms with van der Waals surface area (Å²) < 4.78 is 13.1. The van der Waals surface area contributed by atoms with E-state index in [1.807, 2.05) is 17.6 Å². The number of nitrogens with zero attached hydrogens (tertiary/aromatic N) is 3. The fourth-order valence-electron chi connectivity index (χ4n) is 3.82. The minimum Gasteiger partial charge on any atom is -0.350 e. The van der Waals surface area contributed by atoms with Crippen LogP contribution in [0, 0.1) is 5.82 Å². The zero-order valence-corrected chi connectivity index (χ0v) is 18.8. The van der Waals surface area contributed by atoms with Gasteiger partial charge < -0.3 is 10.2 Å². The number of thiazole rings is 1. The van der Waals surface area contributed by atoms with Crippen LogP contribution in [-0.4, -0.2) is 41.5 Å². The van der Waals surface area contributed by atoms with Crippen LogP contribution in [0.25, 0.3) is 0 Å². The highest BCUT2D eigenvalue weighted by atomic mass is 35.5.